The minimum atomic E-state index is 0.488. The quantitative estimate of drug-likeness (QED) is 0.929. The molecule has 1 heterocycles. The lowest BCUT2D eigenvalue weighted by molar-refractivity contribution is 0.291. The summed E-state index contributed by atoms with van der Waals surface area (Å²) < 4.78 is 7.84. The maximum atomic E-state index is 5.86. The highest BCUT2D eigenvalue weighted by Crippen LogP contribution is 2.32. The van der Waals surface area contributed by atoms with Crippen molar-refractivity contribution in [2.75, 3.05) is 7.05 Å². The predicted octanol–water partition coefficient (Wildman–Crippen LogP) is 2.60. The van der Waals surface area contributed by atoms with Gasteiger partial charge in [-0.3, -0.25) is 0 Å². The van der Waals surface area contributed by atoms with Crippen molar-refractivity contribution in [3.8, 4) is 5.75 Å². The molecule has 0 amide bonds. The van der Waals surface area contributed by atoms with Gasteiger partial charge >= 0.3 is 0 Å². The van der Waals surface area contributed by atoms with Crippen LogP contribution in [0.2, 0.25) is 0 Å². The number of nitrogens with zero attached hydrogens (tertiary/aromatic N) is 2. The van der Waals surface area contributed by atoms with E-state index < -0.39 is 0 Å². The number of benzene rings is 1. The first kappa shape index (κ1) is 13.2. The number of fused-ring (bicyclic) bond motifs is 1. The van der Waals surface area contributed by atoms with E-state index in [-0.39, 0.29) is 0 Å². The number of nitrogens with one attached hydrogen (secondary N) is 1. The van der Waals surface area contributed by atoms with Gasteiger partial charge < -0.3 is 14.6 Å². The van der Waals surface area contributed by atoms with Crippen LogP contribution in [0.4, 0.5) is 0 Å². The molecular formula is C16H21N3O. The van der Waals surface area contributed by atoms with Gasteiger partial charge in [0.2, 0.25) is 0 Å². The largest absolute Gasteiger partial charge is 0.486 e. The molecule has 0 saturated heterocycles. The lowest BCUT2D eigenvalue weighted by atomic mass is 9.87. The van der Waals surface area contributed by atoms with Crippen molar-refractivity contribution in [2.24, 2.45) is 7.05 Å². The van der Waals surface area contributed by atoms with E-state index in [1.54, 1.807) is 6.20 Å². The van der Waals surface area contributed by atoms with Crippen LogP contribution in [0, 0.1) is 0 Å². The van der Waals surface area contributed by atoms with Gasteiger partial charge in [0.05, 0.1) is 0 Å². The molecule has 0 aliphatic heterocycles. The normalized spacial score (nSPS) is 17.8. The first-order valence-electron chi connectivity index (χ1n) is 7.17. The molecule has 1 aromatic heterocycles. The fourth-order valence-corrected chi connectivity index (χ4v) is 2.86. The van der Waals surface area contributed by atoms with E-state index in [2.05, 4.69) is 28.5 Å². The zero-order valence-corrected chi connectivity index (χ0v) is 12.1. The summed E-state index contributed by atoms with van der Waals surface area (Å²) in [5, 5.41) is 3.39. The number of hydrogen-bond donors (Lipinski definition) is 1. The Morgan fingerprint density at radius 3 is 3.10 bits per heavy atom. The van der Waals surface area contributed by atoms with E-state index in [0.29, 0.717) is 12.6 Å². The molecule has 3 rings (SSSR count). The second-order valence-electron chi connectivity index (χ2n) is 5.34. The number of aromatic nitrogens is 2. The standard InChI is InChI=1S/C16H21N3O/c1-17-15-5-3-4-12-10-13(6-7-14(12)15)20-11-16-18-8-9-19(16)2/h6-10,15,17H,3-5,11H2,1-2H3. The molecule has 0 spiro atoms. The SMILES string of the molecule is CNC1CCCc2cc(OCc3nccn3C)ccc21. The molecule has 1 aliphatic rings. The van der Waals surface area contributed by atoms with Gasteiger partial charge in [-0.25, -0.2) is 4.98 Å². The van der Waals surface area contributed by atoms with Crippen LogP contribution >= 0.6 is 0 Å². The van der Waals surface area contributed by atoms with E-state index in [1.165, 1.54) is 24.0 Å². The predicted molar refractivity (Wildman–Crippen MR) is 78.7 cm³/mol. The van der Waals surface area contributed by atoms with Crippen LogP contribution in [0.25, 0.3) is 0 Å². The van der Waals surface area contributed by atoms with E-state index in [4.69, 9.17) is 4.74 Å². The number of aryl methyl sites for hydroxylation is 2. The van der Waals surface area contributed by atoms with Gasteiger partial charge in [-0.2, -0.15) is 0 Å². The molecule has 0 saturated carbocycles. The number of hydrogen-bond acceptors (Lipinski definition) is 3. The smallest absolute Gasteiger partial charge is 0.146 e. The summed E-state index contributed by atoms with van der Waals surface area (Å²) in [6, 6.07) is 6.94. The van der Waals surface area contributed by atoms with E-state index in [9.17, 15) is 0 Å². The first-order valence-corrected chi connectivity index (χ1v) is 7.17. The summed E-state index contributed by atoms with van der Waals surface area (Å²) in [4.78, 5) is 4.27. The number of rotatable bonds is 4. The summed E-state index contributed by atoms with van der Waals surface area (Å²) in [6.07, 6.45) is 7.33. The Hall–Kier alpha value is -1.81. The minimum Gasteiger partial charge on any atom is -0.486 e. The van der Waals surface area contributed by atoms with Gasteiger partial charge in [0.25, 0.3) is 0 Å². The minimum absolute atomic E-state index is 0.488. The summed E-state index contributed by atoms with van der Waals surface area (Å²) >= 11 is 0. The molecule has 4 heteroatoms. The van der Waals surface area contributed by atoms with Crippen molar-refractivity contribution >= 4 is 0 Å². The molecule has 1 aliphatic carbocycles. The Morgan fingerprint density at radius 1 is 1.45 bits per heavy atom. The third-order valence-corrected chi connectivity index (χ3v) is 4.07. The molecular weight excluding hydrogens is 250 g/mol. The van der Waals surface area contributed by atoms with Gasteiger partial charge in [-0.05, 0) is 49.6 Å². The summed E-state index contributed by atoms with van der Waals surface area (Å²) in [7, 11) is 4.02. The van der Waals surface area contributed by atoms with Crippen molar-refractivity contribution in [3.05, 3.63) is 47.5 Å². The topological polar surface area (TPSA) is 39.1 Å². The van der Waals surface area contributed by atoms with Gasteiger partial charge in [0, 0.05) is 25.5 Å². The van der Waals surface area contributed by atoms with E-state index in [1.807, 2.05) is 24.9 Å². The van der Waals surface area contributed by atoms with Crippen LogP contribution in [0.5, 0.6) is 5.75 Å². The van der Waals surface area contributed by atoms with Crippen molar-refractivity contribution in [3.63, 3.8) is 0 Å². The highest BCUT2D eigenvalue weighted by atomic mass is 16.5. The van der Waals surface area contributed by atoms with E-state index >= 15 is 0 Å². The second-order valence-corrected chi connectivity index (χ2v) is 5.34. The van der Waals surface area contributed by atoms with Gasteiger partial charge in [0.15, 0.2) is 0 Å². The Balaban J connectivity index is 1.74. The first-order chi connectivity index (χ1) is 9.78. The van der Waals surface area contributed by atoms with Crippen molar-refractivity contribution in [1.29, 1.82) is 0 Å². The molecule has 1 atom stereocenters. The zero-order valence-electron chi connectivity index (χ0n) is 12.1. The van der Waals surface area contributed by atoms with E-state index in [0.717, 1.165) is 18.0 Å². The van der Waals surface area contributed by atoms with Crippen LogP contribution in [-0.4, -0.2) is 16.6 Å². The average molecular weight is 271 g/mol. The summed E-state index contributed by atoms with van der Waals surface area (Å²) in [5.74, 6) is 1.87. The van der Waals surface area contributed by atoms with Crippen molar-refractivity contribution in [1.82, 2.24) is 14.9 Å². The van der Waals surface area contributed by atoms with Crippen LogP contribution in [0.15, 0.2) is 30.6 Å². The lowest BCUT2D eigenvalue weighted by Gasteiger charge is -2.25. The van der Waals surface area contributed by atoms with Crippen molar-refractivity contribution < 1.29 is 4.74 Å². The van der Waals surface area contributed by atoms with Crippen LogP contribution in [-0.2, 0) is 20.1 Å². The Labute approximate surface area is 119 Å². The molecule has 0 radical (unpaired) electrons. The number of imidazole rings is 1. The second kappa shape index (κ2) is 5.67. The molecule has 0 fully saturated rings. The zero-order chi connectivity index (χ0) is 13.9. The molecule has 4 nitrogen and oxygen atoms in total. The monoisotopic (exact) mass is 271 g/mol. The Bertz CT molecular complexity index is 591. The summed E-state index contributed by atoms with van der Waals surface area (Å²) in [5.41, 5.74) is 2.83. The lowest BCUT2D eigenvalue weighted by Crippen LogP contribution is -2.21. The number of ether oxygens (including phenoxy) is 1. The maximum absolute atomic E-state index is 5.86. The third kappa shape index (κ3) is 2.56. The Kier molecular flexibility index (Phi) is 3.74. The van der Waals surface area contributed by atoms with Gasteiger partial charge in [-0.15, -0.1) is 0 Å². The third-order valence-electron chi connectivity index (χ3n) is 4.07. The van der Waals surface area contributed by atoms with Crippen LogP contribution in [0.1, 0.15) is 35.8 Å². The molecule has 1 aromatic carbocycles. The molecule has 0 bridgehead atoms. The maximum Gasteiger partial charge on any atom is 0.146 e. The fourth-order valence-electron chi connectivity index (χ4n) is 2.86. The average Bonchev–Trinajstić information content (AvgIpc) is 2.89. The highest BCUT2D eigenvalue weighted by Gasteiger charge is 2.18. The fraction of sp³-hybridized carbons (Fsp3) is 0.438. The van der Waals surface area contributed by atoms with Crippen molar-refractivity contribution in [2.45, 2.75) is 31.9 Å². The highest BCUT2D eigenvalue weighted by molar-refractivity contribution is 5.39. The van der Waals surface area contributed by atoms with Gasteiger partial charge in [-0.1, -0.05) is 6.07 Å². The molecule has 1 unspecified atom stereocenters. The van der Waals surface area contributed by atoms with Gasteiger partial charge in [0.1, 0.15) is 18.2 Å². The summed E-state index contributed by atoms with van der Waals surface area (Å²) in [6.45, 7) is 0.512. The van der Waals surface area contributed by atoms with Crippen LogP contribution in [0.3, 0.4) is 0 Å². The molecule has 2 aromatic rings. The molecule has 1 N–H and O–H groups in total. The molecule has 106 valence electrons. The molecule has 20 heavy (non-hydrogen) atoms. The Morgan fingerprint density at radius 2 is 2.35 bits per heavy atom. The van der Waals surface area contributed by atoms with Crippen LogP contribution < -0.4 is 10.1 Å².